The lowest BCUT2D eigenvalue weighted by Gasteiger charge is -2.25. The zero-order valence-electron chi connectivity index (χ0n) is 17.4. The first kappa shape index (κ1) is 21.6. The van der Waals surface area contributed by atoms with Crippen molar-refractivity contribution in [1.29, 1.82) is 0 Å². The predicted molar refractivity (Wildman–Crippen MR) is 114 cm³/mol. The molecule has 9 heteroatoms. The van der Waals surface area contributed by atoms with Crippen molar-refractivity contribution in [3.8, 4) is 11.5 Å². The van der Waals surface area contributed by atoms with Gasteiger partial charge in [0.15, 0.2) is 11.6 Å². The Kier molecular flexibility index (Phi) is 6.61. The average Bonchev–Trinajstić information content (AvgIpc) is 3.57. The lowest BCUT2D eigenvalue weighted by atomic mass is 10.0. The van der Waals surface area contributed by atoms with Crippen molar-refractivity contribution in [3.05, 3.63) is 35.6 Å². The number of carbonyl (C=O) groups excluding carboxylic acids is 1. The minimum atomic E-state index is -0.797. The number of anilines is 3. The fourth-order valence-corrected chi connectivity index (χ4v) is 3.33. The van der Waals surface area contributed by atoms with E-state index in [0.29, 0.717) is 23.1 Å². The number of ether oxygens (including phenoxy) is 2. The summed E-state index contributed by atoms with van der Waals surface area (Å²) in [7, 11) is 3.06. The number of halogens is 1. The summed E-state index contributed by atoms with van der Waals surface area (Å²) in [5.74, 6) is 0.164. The molecule has 6 N–H and O–H groups in total. The highest BCUT2D eigenvalue weighted by Gasteiger charge is 2.35. The number of aromatic nitrogens is 1. The molecule has 1 aliphatic carbocycles. The second-order valence-electron chi connectivity index (χ2n) is 7.39. The molecule has 1 aromatic carbocycles. The summed E-state index contributed by atoms with van der Waals surface area (Å²) < 4.78 is 25.3. The van der Waals surface area contributed by atoms with Crippen molar-refractivity contribution in [3.63, 3.8) is 0 Å². The number of carbonyl (C=O) groups is 1. The van der Waals surface area contributed by atoms with E-state index in [1.165, 1.54) is 14.2 Å². The number of rotatable bonds is 10. The summed E-state index contributed by atoms with van der Waals surface area (Å²) in [5, 5.41) is 6.17. The van der Waals surface area contributed by atoms with Crippen LogP contribution in [0.5, 0.6) is 11.5 Å². The standard InChI is InChI=1S/C21H28FN5O3/c1-4-17(23)18(11-5-6-11)26-21-16(22)10-15(19(24)28)20(27-21)25-12-7-13(29-2)9-14(8-12)30-3/h7-11,17-18H,4-6,23H2,1-3H3,(H2,24,28)(H2,25,26,27)/t17-,18+/m0/s1. The minimum absolute atomic E-state index is 0.0261. The number of benzene rings is 1. The number of hydrogen-bond acceptors (Lipinski definition) is 7. The largest absolute Gasteiger partial charge is 0.497 e. The number of nitrogens with zero attached hydrogens (tertiary/aromatic N) is 1. The number of hydrogen-bond donors (Lipinski definition) is 4. The van der Waals surface area contributed by atoms with Gasteiger partial charge >= 0.3 is 0 Å². The lowest BCUT2D eigenvalue weighted by Crippen LogP contribution is -2.42. The van der Waals surface area contributed by atoms with E-state index in [-0.39, 0.29) is 29.3 Å². The van der Waals surface area contributed by atoms with Crippen LogP contribution in [0.1, 0.15) is 36.5 Å². The topological polar surface area (TPSA) is 125 Å². The molecule has 0 bridgehead atoms. The Morgan fingerprint density at radius 1 is 1.20 bits per heavy atom. The second-order valence-corrected chi connectivity index (χ2v) is 7.39. The summed E-state index contributed by atoms with van der Waals surface area (Å²) >= 11 is 0. The van der Waals surface area contributed by atoms with Crippen LogP contribution in [0.15, 0.2) is 24.3 Å². The molecule has 0 radical (unpaired) electrons. The first-order valence-corrected chi connectivity index (χ1v) is 9.88. The highest BCUT2D eigenvalue weighted by molar-refractivity contribution is 5.98. The molecule has 1 amide bonds. The Bertz CT molecular complexity index is 898. The predicted octanol–water partition coefficient (Wildman–Crippen LogP) is 3.01. The van der Waals surface area contributed by atoms with Crippen LogP contribution in [0.4, 0.5) is 21.7 Å². The van der Waals surface area contributed by atoms with Crippen molar-refractivity contribution in [2.45, 2.75) is 38.3 Å². The van der Waals surface area contributed by atoms with Crippen molar-refractivity contribution >= 4 is 23.2 Å². The third-order valence-corrected chi connectivity index (χ3v) is 5.22. The van der Waals surface area contributed by atoms with E-state index in [4.69, 9.17) is 20.9 Å². The highest BCUT2D eigenvalue weighted by Crippen LogP contribution is 2.36. The molecule has 2 atom stereocenters. The summed E-state index contributed by atoms with van der Waals surface area (Å²) in [6, 6.07) is 5.96. The van der Waals surface area contributed by atoms with Crippen LogP contribution in [0.2, 0.25) is 0 Å². The quantitative estimate of drug-likeness (QED) is 0.468. The molecular formula is C21H28FN5O3. The SMILES string of the molecule is CC[C@H](N)[C@H](Nc1nc(Nc2cc(OC)cc(OC)c2)c(C(N)=O)cc1F)C1CC1. The number of nitrogens with one attached hydrogen (secondary N) is 2. The van der Waals surface area contributed by atoms with E-state index in [2.05, 4.69) is 15.6 Å². The molecule has 30 heavy (non-hydrogen) atoms. The number of nitrogens with two attached hydrogens (primary N) is 2. The third-order valence-electron chi connectivity index (χ3n) is 5.22. The number of pyridine rings is 1. The summed E-state index contributed by atoms with van der Waals surface area (Å²) in [4.78, 5) is 16.2. The zero-order valence-corrected chi connectivity index (χ0v) is 17.4. The average molecular weight is 417 g/mol. The molecule has 1 fully saturated rings. The molecule has 1 aromatic heterocycles. The van der Waals surface area contributed by atoms with Crippen LogP contribution in [0.3, 0.4) is 0 Å². The van der Waals surface area contributed by atoms with Gasteiger partial charge in [-0.3, -0.25) is 4.79 Å². The van der Waals surface area contributed by atoms with Gasteiger partial charge in [0, 0.05) is 36.0 Å². The van der Waals surface area contributed by atoms with Gasteiger partial charge in [-0.05, 0) is 31.2 Å². The first-order chi connectivity index (χ1) is 14.4. The monoisotopic (exact) mass is 417 g/mol. The van der Waals surface area contributed by atoms with E-state index < -0.39 is 11.7 Å². The molecular weight excluding hydrogens is 389 g/mol. The Hall–Kier alpha value is -3.07. The number of primary amides is 1. The van der Waals surface area contributed by atoms with Gasteiger partial charge in [-0.2, -0.15) is 0 Å². The van der Waals surface area contributed by atoms with Crippen LogP contribution in [0.25, 0.3) is 0 Å². The van der Waals surface area contributed by atoms with Gasteiger partial charge < -0.3 is 31.6 Å². The summed E-state index contributed by atoms with van der Waals surface area (Å²) in [5.41, 5.74) is 12.2. The van der Waals surface area contributed by atoms with E-state index in [9.17, 15) is 9.18 Å². The minimum Gasteiger partial charge on any atom is -0.497 e. The highest BCUT2D eigenvalue weighted by atomic mass is 19.1. The summed E-state index contributed by atoms with van der Waals surface area (Å²) in [6.45, 7) is 1.99. The van der Waals surface area contributed by atoms with E-state index in [1.54, 1.807) is 18.2 Å². The zero-order chi connectivity index (χ0) is 21.8. The Morgan fingerprint density at radius 2 is 1.83 bits per heavy atom. The molecule has 1 saturated carbocycles. The van der Waals surface area contributed by atoms with Crippen LogP contribution in [-0.2, 0) is 0 Å². The fourth-order valence-electron chi connectivity index (χ4n) is 3.33. The van der Waals surface area contributed by atoms with E-state index in [1.807, 2.05) is 6.92 Å². The molecule has 0 aliphatic heterocycles. The Morgan fingerprint density at radius 3 is 2.33 bits per heavy atom. The molecule has 162 valence electrons. The van der Waals surface area contributed by atoms with Crippen LogP contribution < -0.4 is 31.6 Å². The van der Waals surface area contributed by atoms with Crippen molar-refractivity contribution < 1.29 is 18.7 Å². The summed E-state index contributed by atoms with van der Waals surface area (Å²) in [6.07, 6.45) is 2.84. The van der Waals surface area contributed by atoms with Crippen molar-refractivity contribution in [2.24, 2.45) is 17.4 Å². The Balaban J connectivity index is 1.97. The van der Waals surface area contributed by atoms with Gasteiger partial charge in [-0.1, -0.05) is 6.92 Å². The molecule has 0 saturated heterocycles. The first-order valence-electron chi connectivity index (χ1n) is 9.88. The van der Waals surface area contributed by atoms with Gasteiger partial charge in [0.05, 0.1) is 19.8 Å². The van der Waals surface area contributed by atoms with E-state index >= 15 is 0 Å². The molecule has 1 heterocycles. The maximum absolute atomic E-state index is 14.7. The molecule has 3 rings (SSSR count). The van der Waals surface area contributed by atoms with Crippen molar-refractivity contribution in [2.75, 3.05) is 24.9 Å². The molecule has 2 aromatic rings. The van der Waals surface area contributed by atoms with Crippen LogP contribution in [0, 0.1) is 11.7 Å². The molecule has 1 aliphatic rings. The van der Waals surface area contributed by atoms with Crippen LogP contribution in [-0.4, -0.2) is 37.2 Å². The second kappa shape index (κ2) is 9.17. The third kappa shape index (κ3) is 4.91. The molecule has 0 unspecified atom stereocenters. The van der Waals surface area contributed by atoms with Crippen LogP contribution >= 0.6 is 0 Å². The van der Waals surface area contributed by atoms with Gasteiger partial charge in [0.1, 0.15) is 17.3 Å². The maximum atomic E-state index is 14.7. The fraction of sp³-hybridized carbons (Fsp3) is 0.429. The molecule has 0 spiro atoms. The number of methoxy groups -OCH3 is 2. The smallest absolute Gasteiger partial charge is 0.252 e. The van der Waals surface area contributed by atoms with Gasteiger partial charge in [-0.25, -0.2) is 9.37 Å². The normalized spacial score (nSPS) is 15.2. The Labute approximate surface area is 175 Å². The lowest BCUT2D eigenvalue weighted by molar-refractivity contribution is 0.100. The number of amides is 1. The van der Waals surface area contributed by atoms with Gasteiger partial charge in [-0.15, -0.1) is 0 Å². The van der Waals surface area contributed by atoms with Gasteiger partial charge in [0.25, 0.3) is 5.91 Å². The van der Waals surface area contributed by atoms with Crippen molar-refractivity contribution in [1.82, 2.24) is 4.98 Å². The molecule has 8 nitrogen and oxygen atoms in total. The van der Waals surface area contributed by atoms with Gasteiger partial charge in [0.2, 0.25) is 0 Å². The van der Waals surface area contributed by atoms with E-state index in [0.717, 1.165) is 25.3 Å². The maximum Gasteiger partial charge on any atom is 0.252 e.